The van der Waals surface area contributed by atoms with E-state index in [0.717, 1.165) is 18.9 Å². The molecule has 2 N–H and O–H groups in total. The van der Waals surface area contributed by atoms with Gasteiger partial charge >= 0.3 is 0 Å². The lowest BCUT2D eigenvalue weighted by molar-refractivity contribution is 0.0995. The zero-order valence-corrected chi connectivity index (χ0v) is 15.9. The minimum absolute atomic E-state index is 0.00892. The minimum Gasteiger partial charge on any atom is -0.488 e. The summed E-state index contributed by atoms with van der Waals surface area (Å²) in [6.07, 6.45) is 1.61. The van der Waals surface area contributed by atoms with Gasteiger partial charge in [-0.2, -0.15) is 4.31 Å². The highest BCUT2D eigenvalue weighted by Gasteiger charge is 2.28. The molecule has 3 rings (SSSR count). The van der Waals surface area contributed by atoms with Crippen LogP contribution in [-0.4, -0.2) is 31.7 Å². The second-order valence-electron chi connectivity index (χ2n) is 6.16. The molecule has 0 unspecified atom stereocenters. The van der Waals surface area contributed by atoms with Crippen LogP contribution in [0.5, 0.6) is 5.75 Å². The van der Waals surface area contributed by atoms with Crippen molar-refractivity contribution in [1.29, 1.82) is 0 Å². The number of rotatable bonds is 6. The molecule has 1 aliphatic rings. The van der Waals surface area contributed by atoms with Crippen LogP contribution in [0.3, 0.4) is 0 Å². The third-order valence-corrected chi connectivity index (χ3v) is 6.56. The van der Waals surface area contributed by atoms with Crippen molar-refractivity contribution >= 4 is 27.5 Å². The van der Waals surface area contributed by atoms with E-state index >= 15 is 0 Å². The number of carbonyl (C=O) groups is 1. The van der Waals surface area contributed by atoms with Crippen molar-refractivity contribution in [2.75, 3.05) is 13.1 Å². The number of sulfonamides is 1. The number of benzene rings is 2. The summed E-state index contributed by atoms with van der Waals surface area (Å²) in [6, 6.07) is 7.85. The standard InChI is InChI=1S/C18H18ClFN2O4S/c19-16-9-13(20)4-3-12(16)11-26-17-6-5-14(10-15(17)18(21)23)27(24,25)22-7-1-2-8-22/h3-6,9-10H,1-2,7-8,11H2,(H2,21,23). The Morgan fingerprint density at radius 2 is 1.89 bits per heavy atom. The second-order valence-corrected chi connectivity index (χ2v) is 8.50. The highest BCUT2D eigenvalue weighted by molar-refractivity contribution is 7.89. The van der Waals surface area contributed by atoms with Gasteiger partial charge in [-0.25, -0.2) is 12.8 Å². The topological polar surface area (TPSA) is 89.7 Å². The summed E-state index contributed by atoms with van der Waals surface area (Å²) >= 11 is 5.96. The van der Waals surface area contributed by atoms with Crippen molar-refractivity contribution in [2.45, 2.75) is 24.3 Å². The Labute approximate surface area is 161 Å². The number of ether oxygens (including phenoxy) is 1. The summed E-state index contributed by atoms with van der Waals surface area (Å²) in [5.41, 5.74) is 5.86. The molecule has 0 spiro atoms. The first kappa shape index (κ1) is 19.6. The van der Waals surface area contributed by atoms with Gasteiger partial charge in [-0.15, -0.1) is 0 Å². The smallest absolute Gasteiger partial charge is 0.252 e. The Morgan fingerprint density at radius 3 is 2.52 bits per heavy atom. The summed E-state index contributed by atoms with van der Waals surface area (Å²) in [7, 11) is -3.68. The molecule has 6 nitrogen and oxygen atoms in total. The summed E-state index contributed by atoms with van der Waals surface area (Å²) in [5.74, 6) is -1.16. The number of primary amides is 1. The van der Waals surface area contributed by atoms with E-state index < -0.39 is 21.7 Å². The first-order valence-electron chi connectivity index (χ1n) is 8.30. The molecule has 1 aliphatic heterocycles. The van der Waals surface area contributed by atoms with E-state index in [1.54, 1.807) is 0 Å². The minimum atomic E-state index is -3.68. The molecule has 1 saturated heterocycles. The summed E-state index contributed by atoms with van der Waals surface area (Å²) in [4.78, 5) is 11.8. The highest BCUT2D eigenvalue weighted by Crippen LogP contribution is 2.28. The molecule has 0 aliphatic carbocycles. The van der Waals surface area contributed by atoms with E-state index in [0.29, 0.717) is 18.7 Å². The lowest BCUT2D eigenvalue weighted by Gasteiger charge is -2.17. The van der Waals surface area contributed by atoms with E-state index in [4.69, 9.17) is 22.1 Å². The molecule has 1 fully saturated rings. The maximum Gasteiger partial charge on any atom is 0.252 e. The van der Waals surface area contributed by atoms with Crippen LogP contribution in [0, 0.1) is 5.82 Å². The van der Waals surface area contributed by atoms with E-state index in [2.05, 4.69) is 0 Å². The first-order valence-corrected chi connectivity index (χ1v) is 10.1. The van der Waals surface area contributed by atoms with E-state index in [1.165, 1.54) is 34.6 Å². The molecule has 1 heterocycles. The Morgan fingerprint density at radius 1 is 1.19 bits per heavy atom. The van der Waals surface area contributed by atoms with Gasteiger partial charge in [0.2, 0.25) is 10.0 Å². The molecule has 2 aromatic rings. The summed E-state index contributed by atoms with van der Waals surface area (Å²) in [6.45, 7) is 0.878. The van der Waals surface area contributed by atoms with Gasteiger partial charge in [0.1, 0.15) is 18.2 Å². The maximum atomic E-state index is 13.1. The SMILES string of the molecule is NC(=O)c1cc(S(=O)(=O)N2CCCC2)ccc1OCc1ccc(F)cc1Cl. The Hall–Kier alpha value is -2.16. The van der Waals surface area contributed by atoms with Gasteiger partial charge in [-0.05, 0) is 43.2 Å². The fourth-order valence-electron chi connectivity index (χ4n) is 2.86. The number of amides is 1. The molecule has 1 amide bonds. The largest absolute Gasteiger partial charge is 0.488 e. The summed E-state index contributed by atoms with van der Waals surface area (Å²) in [5, 5.41) is 0.184. The zero-order valence-electron chi connectivity index (χ0n) is 14.3. The molecular weight excluding hydrogens is 395 g/mol. The molecule has 144 valence electrons. The Balaban J connectivity index is 1.87. The van der Waals surface area contributed by atoms with Crippen LogP contribution in [-0.2, 0) is 16.6 Å². The molecule has 0 atom stereocenters. The maximum absolute atomic E-state index is 13.1. The van der Waals surface area contributed by atoms with Crippen LogP contribution in [0.25, 0.3) is 0 Å². The van der Waals surface area contributed by atoms with E-state index in [9.17, 15) is 17.6 Å². The number of nitrogens with two attached hydrogens (primary N) is 1. The number of hydrogen-bond donors (Lipinski definition) is 1. The van der Waals surface area contributed by atoms with Crippen molar-refractivity contribution in [2.24, 2.45) is 5.73 Å². The molecular formula is C18H18ClFN2O4S. The van der Waals surface area contributed by atoms with Crippen molar-refractivity contribution in [3.05, 3.63) is 58.4 Å². The van der Waals surface area contributed by atoms with Crippen LogP contribution in [0.15, 0.2) is 41.3 Å². The zero-order chi connectivity index (χ0) is 19.6. The van der Waals surface area contributed by atoms with Gasteiger partial charge in [0, 0.05) is 18.7 Å². The van der Waals surface area contributed by atoms with Crippen molar-refractivity contribution < 1.29 is 22.3 Å². The lowest BCUT2D eigenvalue weighted by Crippen LogP contribution is -2.28. The van der Waals surface area contributed by atoms with E-state index in [-0.39, 0.29) is 27.8 Å². The van der Waals surface area contributed by atoms with Gasteiger partial charge in [0.25, 0.3) is 5.91 Å². The highest BCUT2D eigenvalue weighted by atomic mass is 35.5. The van der Waals surface area contributed by atoms with E-state index in [1.807, 2.05) is 0 Å². The number of carbonyl (C=O) groups excluding carboxylic acids is 1. The molecule has 2 aromatic carbocycles. The van der Waals surface area contributed by atoms with Crippen LogP contribution in [0.2, 0.25) is 5.02 Å². The first-order chi connectivity index (χ1) is 12.8. The van der Waals surface area contributed by atoms with Crippen LogP contribution in [0.4, 0.5) is 4.39 Å². The normalized spacial score (nSPS) is 15.0. The van der Waals surface area contributed by atoms with Gasteiger partial charge in [0.05, 0.1) is 15.5 Å². The predicted molar refractivity (Wildman–Crippen MR) is 98.7 cm³/mol. The Bertz CT molecular complexity index is 975. The number of nitrogens with zero attached hydrogens (tertiary/aromatic N) is 1. The monoisotopic (exact) mass is 412 g/mol. The van der Waals surface area contributed by atoms with Gasteiger partial charge in [-0.1, -0.05) is 17.7 Å². The third kappa shape index (κ3) is 4.23. The van der Waals surface area contributed by atoms with Crippen molar-refractivity contribution in [3.63, 3.8) is 0 Å². The molecule has 27 heavy (non-hydrogen) atoms. The Kier molecular flexibility index (Phi) is 5.69. The van der Waals surface area contributed by atoms with Crippen LogP contribution >= 0.6 is 11.6 Å². The van der Waals surface area contributed by atoms with Gasteiger partial charge < -0.3 is 10.5 Å². The third-order valence-electron chi connectivity index (χ3n) is 4.32. The van der Waals surface area contributed by atoms with Gasteiger partial charge in [0.15, 0.2) is 0 Å². The van der Waals surface area contributed by atoms with Gasteiger partial charge in [-0.3, -0.25) is 4.79 Å². The predicted octanol–water partition coefficient (Wildman–Crippen LogP) is 2.94. The average molecular weight is 413 g/mol. The second kappa shape index (κ2) is 7.84. The number of hydrogen-bond acceptors (Lipinski definition) is 4. The quantitative estimate of drug-likeness (QED) is 0.789. The van der Waals surface area contributed by atoms with Crippen LogP contribution < -0.4 is 10.5 Å². The van der Waals surface area contributed by atoms with Crippen molar-refractivity contribution in [3.8, 4) is 5.75 Å². The number of halogens is 2. The van der Waals surface area contributed by atoms with Crippen molar-refractivity contribution in [1.82, 2.24) is 4.31 Å². The molecule has 0 saturated carbocycles. The molecule has 0 bridgehead atoms. The summed E-state index contributed by atoms with van der Waals surface area (Å²) < 4.78 is 45.4. The average Bonchev–Trinajstić information content (AvgIpc) is 3.16. The fourth-order valence-corrected chi connectivity index (χ4v) is 4.63. The fraction of sp³-hybridized carbons (Fsp3) is 0.278. The lowest BCUT2D eigenvalue weighted by atomic mass is 10.2. The molecule has 9 heteroatoms. The van der Waals surface area contributed by atoms with Crippen LogP contribution in [0.1, 0.15) is 28.8 Å². The molecule has 0 aromatic heterocycles. The molecule has 0 radical (unpaired) electrons.